The molecule has 0 aliphatic carbocycles. The molecule has 0 heterocycles. The van der Waals surface area contributed by atoms with Crippen LogP contribution in [0.25, 0.3) is 0 Å². The van der Waals surface area contributed by atoms with Crippen LogP contribution in [0.15, 0.2) is 42.5 Å². The third-order valence-electron chi connectivity index (χ3n) is 4.04. The molecular formula is C21H18N2O8. The van der Waals surface area contributed by atoms with Gasteiger partial charge in [-0.05, 0) is 42.5 Å². The molecule has 0 radical (unpaired) electrons. The Kier molecular flexibility index (Phi) is 7.82. The zero-order valence-electron chi connectivity index (χ0n) is 16.4. The highest BCUT2D eigenvalue weighted by Crippen LogP contribution is 2.22. The van der Waals surface area contributed by atoms with E-state index < -0.39 is 36.7 Å². The molecule has 0 unspecified atom stereocenters. The summed E-state index contributed by atoms with van der Waals surface area (Å²) in [5.41, 5.74) is 0.946. The predicted molar refractivity (Wildman–Crippen MR) is 104 cm³/mol. The van der Waals surface area contributed by atoms with Crippen molar-refractivity contribution in [3.8, 4) is 11.8 Å². The van der Waals surface area contributed by atoms with Crippen molar-refractivity contribution in [2.24, 2.45) is 0 Å². The van der Waals surface area contributed by atoms with Gasteiger partial charge < -0.3 is 20.0 Å². The third-order valence-corrected chi connectivity index (χ3v) is 4.04. The number of benzene rings is 2. The number of ketones is 1. The molecule has 0 aromatic heterocycles. The summed E-state index contributed by atoms with van der Waals surface area (Å²) in [6.45, 7) is -1.03. The summed E-state index contributed by atoms with van der Waals surface area (Å²) >= 11 is 0. The lowest BCUT2D eigenvalue weighted by Crippen LogP contribution is -2.32. The molecule has 1 amide bonds. The van der Waals surface area contributed by atoms with E-state index in [4.69, 9.17) is 20.4 Å². The topological polar surface area (TPSA) is 154 Å². The first kappa shape index (κ1) is 23.1. The van der Waals surface area contributed by atoms with Crippen LogP contribution in [0.4, 0.5) is 0 Å². The zero-order chi connectivity index (χ0) is 23.0. The number of carboxylic acids is 2. The first-order valence-electron chi connectivity index (χ1n) is 8.86. The van der Waals surface area contributed by atoms with E-state index >= 15 is 0 Å². The number of carboxylic acid groups (broad SMARTS) is 2. The molecule has 0 bridgehead atoms. The SMILES string of the molecule is CN(CC(=O)c1ccc(OOCC(=O)O)c(CC(=O)O)c1)C(=O)c1ccc(C#N)cc1. The van der Waals surface area contributed by atoms with Crippen LogP contribution in [0.5, 0.6) is 5.75 Å². The van der Waals surface area contributed by atoms with Crippen LogP contribution in [0.3, 0.4) is 0 Å². The number of aliphatic carboxylic acids is 2. The lowest BCUT2D eigenvalue weighted by atomic mass is 10.0. The Hall–Kier alpha value is -4.23. The highest BCUT2D eigenvalue weighted by Gasteiger charge is 2.19. The molecule has 0 aliphatic rings. The largest absolute Gasteiger partial charge is 0.481 e. The van der Waals surface area contributed by atoms with Crippen molar-refractivity contribution >= 4 is 23.6 Å². The fourth-order valence-corrected chi connectivity index (χ4v) is 2.56. The molecule has 0 saturated heterocycles. The monoisotopic (exact) mass is 426 g/mol. The van der Waals surface area contributed by atoms with E-state index in [0.717, 1.165) is 0 Å². The lowest BCUT2D eigenvalue weighted by Gasteiger charge is -2.17. The van der Waals surface area contributed by atoms with E-state index in [1.54, 1.807) is 0 Å². The van der Waals surface area contributed by atoms with Gasteiger partial charge in [0.15, 0.2) is 18.1 Å². The van der Waals surface area contributed by atoms with Gasteiger partial charge in [-0.25, -0.2) is 4.79 Å². The summed E-state index contributed by atoms with van der Waals surface area (Å²) in [7, 11) is 1.44. The van der Waals surface area contributed by atoms with Gasteiger partial charge in [-0.3, -0.25) is 14.4 Å². The number of nitriles is 1. The fraction of sp³-hybridized carbons (Fsp3) is 0.190. The number of hydrogen-bond donors (Lipinski definition) is 2. The summed E-state index contributed by atoms with van der Waals surface area (Å²) in [5.74, 6) is -3.38. The summed E-state index contributed by atoms with van der Waals surface area (Å²) in [4.78, 5) is 57.2. The molecule has 2 aromatic rings. The Morgan fingerprint density at radius 2 is 1.65 bits per heavy atom. The van der Waals surface area contributed by atoms with Crippen LogP contribution >= 0.6 is 0 Å². The average molecular weight is 426 g/mol. The molecule has 0 atom stereocenters. The normalized spacial score (nSPS) is 10.1. The number of likely N-dealkylation sites (N-methyl/N-ethyl adjacent to an activating group) is 1. The van der Waals surface area contributed by atoms with E-state index in [-0.39, 0.29) is 23.4 Å². The molecule has 2 N–H and O–H groups in total. The molecule has 10 nitrogen and oxygen atoms in total. The van der Waals surface area contributed by atoms with E-state index in [9.17, 15) is 19.2 Å². The van der Waals surface area contributed by atoms with Gasteiger partial charge in [0.2, 0.25) is 0 Å². The van der Waals surface area contributed by atoms with E-state index in [2.05, 4.69) is 4.89 Å². The van der Waals surface area contributed by atoms with Crippen LogP contribution < -0.4 is 4.89 Å². The molecule has 10 heteroatoms. The Balaban J connectivity index is 2.13. The van der Waals surface area contributed by atoms with E-state index in [1.165, 1.54) is 54.4 Å². The molecule has 2 rings (SSSR count). The smallest absolute Gasteiger partial charge is 0.334 e. The van der Waals surface area contributed by atoms with Gasteiger partial charge >= 0.3 is 11.9 Å². The molecule has 31 heavy (non-hydrogen) atoms. The minimum absolute atomic E-state index is 0.0396. The van der Waals surface area contributed by atoms with Crippen molar-refractivity contribution in [3.63, 3.8) is 0 Å². The lowest BCUT2D eigenvalue weighted by molar-refractivity contribution is -0.214. The van der Waals surface area contributed by atoms with Gasteiger partial charge in [0.1, 0.15) is 0 Å². The number of hydrogen-bond acceptors (Lipinski definition) is 7. The van der Waals surface area contributed by atoms with E-state index in [0.29, 0.717) is 11.1 Å². The summed E-state index contributed by atoms with van der Waals surface area (Å²) in [6, 6.07) is 11.8. The average Bonchev–Trinajstić information content (AvgIpc) is 2.73. The Bertz CT molecular complexity index is 1040. The van der Waals surface area contributed by atoms with E-state index in [1.807, 2.05) is 6.07 Å². The third kappa shape index (κ3) is 6.66. The number of rotatable bonds is 10. The summed E-state index contributed by atoms with van der Waals surface area (Å²) < 4.78 is 0. The van der Waals surface area contributed by atoms with Crippen LogP contribution in [-0.2, 0) is 20.9 Å². The van der Waals surface area contributed by atoms with Crippen molar-refractivity contribution in [2.45, 2.75) is 6.42 Å². The number of Topliss-reactive ketones (excluding diaryl/α,β-unsaturated/α-hetero) is 1. The fourth-order valence-electron chi connectivity index (χ4n) is 2.56. The molecule has 0 saturated carbocycles. The second kappa shape index (κ2) is 10.5. The maximum Gasteiger partial charge on any atom is 0.334 e. The van der Waals surface area contributed by atoms with Crippen molar-refractivity contribution in [3.05, 3.63) is 64.7 Å². The maximum absolute atomic E-state index is 12.6. The Labute approximate surface area is 176 Å². The molecule has 2 aromatic carbocycles. The number of nitrogens with zero attached hydrogens (tertiary/aromatic N) is 2. The molecular weight excluding hydrogens is 408 g/mol. The molecule has 0 aliphatic heterocycles. The van der Waals surface area contributed by atoms with Gasteiger partial charge in [0.25, 0.3) is 5.91 Å². The Morgan fingerprint density at radius 3 is 2.23 bits per heavy atom. The van der Waals surface area contributed by atoms with Gasteiger partial charge in [-0.15, -0.1) is 0 Å². The van der Waals surface area contributed by atoms with Crippen LogP contribution in [0.2, 0.25) is 0 Å². The molecule has 160 valence electrons. The van der Waals surface area contributed by atoms with Crippen molar-refractivity contribution in [1.29, 1.82) is 5.26 Å². The number of carbonyl (C=O) groups is 4. The van der Waals surface area contributed by atoms with Crippen LogP contribution in [0.1, 0.15) is 31.8 Å². The number of carbonyl (C=O) groups excluding carboxylic acids is 2. The minimum Gasteiger partial charge on any atom is -0.481 e. The second-order valence-corrected chi connectivity index (χ2v) is 6.41. The summed E-state index contributed by atoms with van der Waals surface area (Å²) in [5, 5.41) is 26.5. The van der Waals surface area contributed by atoms with Gasteiger partial charge in [-0.2, -0.15) is 10.1 Å². The summed E-state index contributed by atoms with van der Waals surface area (Å²) in [6.07, 6.45) is -0.493. The zero-order valence-corrected chi connectivity index (χ0v) is 16.4. The van der Waals surface area contributed by atoms with Gasteiger partial charge in [-0.1, -0.05) is 0 Å². The van der Waals surface area contributed by atoms with Gasteiger partial charge in [0.05, 0.1) is 24.6 Å². The standard InChI is InChI=1S/C21H18N2O8/c1-23(21(29)14-4-2-13(10-22)3-5-14)11-17(24)15-6-7-18(31-30-12-20(27)28)16(8-15)9-19(25)26/h2-8H,9,11-12H2,1H3,(H,25,26)(H,27,28). The quantitative estimate of drug-likeness (QED) is 0.327. The highest BCUT2D eigenvalue weighted by molar-refractivity contribution is 6.02. The number of amides is 1. The minimum atomic E-state index is -1.28. The van der Waals surface area contributed by atoms with Crippen LogP contribution in [-0.4, -0.2) is 58.9 Å². The first-order chi connectivity index (χ1) is 14.7. The molecule has 0 fully saturated rings. The Morgan fingerprint density at radius 1 is 1.00 bits per heavy atom. The maximum atomic E-state index is 12.6. The second-order valence-electron chi connectivity index (χ2n) is 6.41. The van der Waals surface area contributed by atoms with Gasteiger partial charge in [0, 0.05) is 23.7 Å². The van der Waals surface area contributed by atoms with Crippen LogP contribution in [0, 0.1) is 11.3 Å². The highest BCUT2D eigenvalue weighted by atomic mass is 17.2. The molecule has 0 spiro atoms. The van der Waals surface area contributed by atoms with Crippen molar-refractivity contribution in [1.82, 2.24) is 4.90 Å². The van der Waals surface area contributed by atoms with Crippen molar-refractivity contribution < 1.29 is 39.2 Å². The predicted octanol–water partition coefficient (Wildman–Crippen LogP) is 1.54. The first-order valence-corrected chi connectivity index (χ1v) is 8.86. The van der Waals surface area contributed by atoms with Crippen molar-refractivity contribution in [2.75, 3.05) is 20.2 Å².